The molecule has 0 saturated carbocycles. The zero-order chi connectivity index (χ0) is 16.0. The fourth-order valence-corrected chi connectivity index (χ4v) is 2.28. The summed E-state index contributed by atoms with van der Waals surface area (Å²) in [7, 11) is 1.60. The van der Waals surface area contributed by atoms with Crippen LogP contribution in [-0.4, -0.2) is 36.5 Å². The lowest BCUT2D eigenvalue weighted by atomic mass is 9.85. The first-order valence-electron chi connectivity index (χ1n) is 6.60. The largest absolute Gasteiger partial charge is 0.490 e. The Morgan fingerprint density at radius 3 is 2.57 bits per heavy atom. The van der Waals surface area contributed by atoms with Crippen LogP contribution >= 0.6 is 15.9 Å². The van der Waals surface area contributed by atoms with Gasteiger partial charge in [0.2, 0.25) is 0 Å². The molecule has 0 bridgehead atoms. The van der Waals surface area contributed by atoms with Crippen molar-refractivity contribution in [1.29, 1.82) is 0 Å². The lowest BCUT2D eigenvalue weighted by Gasteiger charge is -2.23. The summed E-state index contributed by atoms with van der Waals surface area (Å²) in [5.41, 5.74) is -0.338. The molecule has 21 heavy (non-hydrogen) atoms. The number of halogens is 1. The topological polar surface area (TPSA) is 76.0 Å². The number of carbonyl (C=O) groups is 1. The van der Waals surface area contributed by atoms with Crippen LogP contribution in [0.5, 0.6) is 5.75 Å². The minimum Gasteiger partial charge on any atom is -0.490 e. The van der Waals surface area contributed by atoms with E-state index in [4.69, 9.17) is 14.6 Å². The number of aliphatic hydroxyl groups excluding tert-OH is 1. The van der Waals surface area contributed by atoms with Crippen molar-refractivity contribution in [3.05, 3.63) is 28.2 Å². The minimum absolute atomic E-state index is 0.138. The van der Waals surface area contributed by atoms with Crippen LogP contribution in [0, 0.1) is 5.41 Å². The van der Waals surface area contributed by atoms with Crippen molar-refractivity contribution in [1.82, 2.24) is 0 Å². The Morgan fingerprint density at radius 1 is 1.38 bits per heavy atom. The number of carboxylic acid groups (broad SMARTS) is 1. The Balaban J connectivity index is 2.76. The van der Waals surface area contributed by atoms with E-state index < -0.39 is 17.5 Å². The third-order valence-electron chi connectivity index (χ3n) is 3.17. The highest BCUT2D eigenvalue weighted by atomic mass is 79.9. The molecule has 0 aromatic heterocycles. The van der Waals surface area contributed by atoms with Crippen LogP contribution in [0.2, 0.25) is 0 Å². The number of ether oxygens (including phenoxy) is 2. The van der Waals surface area contributed by atoms with Gasteiger partial charge in [-0.25, -0.2) is 0 Å². The third kappa shape index (κ3) is 5.30. The van der Waals surface area contributed by atoms with Crippen LogP contribution in [0.1, 0.15) is 31.9 Å². The number of aliphatic carboxylic acids is 1. The Hall–Kier alpha value is -1.11. The van der Waals surface area contributed by atoms with Crippen molar-refractivity contribution in [2.24, 2.45) is 5.41 Å². The van der Waals surface area contributed by atoms with Crippen LogP contribution in [-0.2, 0) is 9.53 Å². The van der Waals surface area contributed by atoms with E-state index in [9.17, 15) is 9.90 Å². The molecule has 2 N–H and O–H groups in total. The molecule has 0 aliphatic carbocycles. The maximum Gasteiger partial charge on any atom is 0.309 e. The molecule has 0 fully saturated rings. The molecule has 0 heterocycles. The molecular formula is C15H21BrO5. The van der Waals surface area contributed by atoms with Gasteiger partial charge < -0.3 is 19.7 Å². The lowest BCUT2D eigenvalue weighted by Crippen LogP contribution is -2.26. The third-order valence-corrected chi connectivity index (χ3v) is 3.79. The van der Waals surface area contributed by atoms with Gasteiger partial charge in [-0.2, -0.15) is 0 Å². The van der Waals surface area contributed by atoms with Gasteiger partial charge >= 0.3 is 5.97 Å². The van der Waals surface area contributed by atoms with Crippen LogP contribution < -0.4 is 4.74 Å². The summed E-state index contributed by atoms with van der Waals surface area (Å²) in [6.07, 6.45) is -0.709. The van der Waals surface area contributed by atoms with E-state index in [0.717, 1.165) is 0 Å². The molecular weight excluding hydrogens is 340 g/mol. The molecule has 0 saturated heterocycles. The van der Waals surface area contributed by atoms with Gasteiger partial charge in [-0.1, -0.05) is 6.07 Å². The highest BCUT2D eigenvalue weighted by molar-refractivity contribution is 9.10. The lowest BCUT2D eigenvalue weighted by molar-refractivity contribution is -0.148. The average Bonchev–Trinajstić information content (AvgIpc) is 2.40. The summed E-state index contributed by atoms with van der Waals surface area (Å²) in [6, 6.07) is 5.21. The standard InChI is InChI=1S/C15H21BrO5/c1-15(2,14(18)19)9-12(17)10-4-5-13(11(16)8-10)21-7-6-20-3/h4-5,8,12,17H,6-7,9H2,1-3H3,(H,18,19). The normalized spacial score (nSPS) is 13.0. The first kappa shape index (κ1) is 17.9. The van der Waals surface area contributed by atoms with Gasteiger partial charge in [0.1, 0.15) is 12.4 Å². The first-order chi connectivity index (χ1) is 9.77. The van der Waals surface area contributed by atoms with E-state index in [2.05, 4.69) is 15.9 Å². The van der Waals surface area contributed by atoms with Crippen molar-refractivity contribution < 1.29 is 24.5 Å². The second-order valence-corrected chi connectivity index (χ2v) is 6.29. The molecule has 0 spiro atoms. The van der Waals surface area contributed by atoms with Crippen LogP contribution in [0.4, 0.5) is 0 Å². The summed E-state index contributed by atoms with van der Waals surface area (Å²) in [4.78, 5) is 11.1. The molecule has 1 aromatic carbocycles. The van der Waals surface area contributed by atoms with E-state index in [1.165, 1.54) is 0 Å². The smallest absolute Gasteiger partial charge is 0.309 e. The summed E-state index contributed by atoms with van der Waals surface area (Å²) < 4.78 is 11.1. The van der Waals surface area contributed by atoms with E-state index in [0.29, 0.717) is 29.0 Å². The number of hydrogen-bond acceptors (Lipinski definition) is 4. The zero-order valence-electron chi connectivity index (χ0n) is 12.4. The molecule has 1 unspecified atom stereocenters. The Labute approximate surface area is 133 Å². The maximum atomic E-state index is 11.1. The molecule has 0 amide bonds. The summed E-state index contributed by atoms with van der Waals surface area (Å²) in [6.45, 7) is 4.11. The van der Waals surface area contributed by atoms with Crippen molar-refractivity contribution in [2.75, 3.05) is 20.3 Å². The van der Waals surface area contributed by atoms with E-state index in [-0.39, 0.29) is 6.42 Å². The molecule has 118 valence electrons. The summed E-state index contributed by atoms with van der Waals surface area (Å²) in [5.74, 6) is -0.277. The van der Waals surface area contributed by atoms with Crippen molar-refractivity contribution in [3.63, 3.8) is 0 Å². The van der Waals surface area contributed by atoms with Crippen LogP contribution in [0.3, 0.4) is 0 Å². The highest BCUT2D eigenvalue weighted by Gasteiger charge is 2.30. The molecule has 1 atom stereocenters. The van der Waals surface area contributed by atoms with Gasteiger partial charge in [0.05, 0.1) is 22.6 Å². The SMILES string of the molecule is COCCOc1ccc(C(O)CC(C)(C)C(=O)O)cc1Br. The highest BCUT2D eigenvalue weighted by Crippen LogP contribution is 2.34. The number of hydrogen-bond donors (Lipinski definition) is 2. The molecule has 1 aromatic rings. The van der Waals surface area contributed by atoms with Crippen LogP contribution in [0.25, 0.3) is 0 Å². The average molecular weight is 361 g/mol. The minimum atomic E-state index is -0.987. The Morgan fingerprint density at radius 2 is 2.05 bits per heavy atom. The van der Waals surface area contributed by atoms with E-state index in [1.54, 1.807) is 39.2 Å². The second-order valence-electron chi connectivity index (χ2n) is 5.44. The summed E-state index contributed by atoms with van der Waals surface area (Å²) in [5, 5.41) is 19.3. The predicted octanol–water partition coefficient (Wildman–Crippen LogP) is 3.01. The van der Waals surface area contributed by atoms with E-state index in [1.807, 2.05) is 0 Å². The zero-order valence-corrected chi connectivity index (χ0v) is 14.0. The van der Waals surface area contributed by atoms with E-state index >= 15 is 0 Å². The van der Waals surface area contributed by atoms with Crippen molar-refractivity contribution >= 4 is 21.9 Å². The number of methoxy groups -OCH3 is 1. The predicted molar refractivity (Wildman–Crippen MR) is 82.5 cm³/mol. The first-order valence-corrected chi connectivity index (χ1v) is 7.40. The van der Waals surface area contributed by atoms with Crippen LogP contribution in [0.15, 0.2) is 22.7 Å². The Bertz CT molecular complexity index is 487. The monoisotopic (exact) mass is 360 g/mol. The Kier molecular flexibility index (Phi) is 6.64. The number of aliphatic hydroxyl groups is 1. The van der Waals surface area contributed by atoms with Gasteiger partial charge in [-0.3, -0.25) is 4.79 Å². The second kappa shape index (κ2) is 7.77. The maximum absolute atomic E-state index is 11.1. The molecule has 5 nitrogen and oxygen atoms in total. The fourth-order valence-electron chi connectivity index (χ4n) is 1.76. The summed E-state index contributed by atoms with van der Waals surface area (Å²) >= 11 is 3.38. The van der Waals surface area contributed by atoms with Gasteiger partial charge in [0.25, 0.3) is 0 Å². The number of carboxylic acids is 1. The fraction of sp³-hybridized carbons (Fsp3) is 0.533. The quantitative estimate of drug-likeness (QED) is 0.696. The molecule has 1 rings (SSSR count). The number of rotatable bonds is 8. The van der Waals surface area contributed by atoms with Gasteiger partial charge in [-0.15, -0.1) is 0 Å². The van der Waals surface area contributed by atoms with Gasteiger partial charge in [0, 0.05) is 7.11 Å². The van der Waals surface area contributed by atoms with Crippen molar-refractivity contribution in [2.45, 2.75) is 26.4 Å². The molecule has 6 heteroatoms. The number of benzene rings is 1. The van der Waals surface area contributed by atoms with Gasteiger partial charge in [-0.05, 0) is 53.9 Å². The molecule has 0 aliphatic heterocycles. The molecule has 0 aliphatic rings. The van der Waals surface area contributed by atoms with Gasteiger partial charge in [0.15, 0.2) is 0 Å². The van der Waals surface area contributed by atoms with Crippen molar-refractivity contribution in [3.8, 4) is 5.75 Å². The molecule has 0 radical (unpaired) electrons.